The van der Waals surface area contributed by atoms with E-state index < -0.39 is 0 Å². The molecule has 3 aliphatic rings. The average Bonchev–Trinajstić information content (AvgIpc) is 2.82. The molecule has 1 heterocycles. The number of hydrogen-bond acceptors (Lipinski definition) is 6. The minimum absolute atomic E-state index is 0.0234. The summed E-state index contributed by atoms with van der Waals surface area (Å²) in [6, 6.07) is 0.166. The fourth-order valence-electron chi connectivity index (χ4n) is 5.00. The standard InChI is InChI=1S/C27H34N4O2/c1-4-22(32)19-9-7-10-20(16-19)31-26-24(25(28)29-17-30-26)27(3)14-12-21(13-15-27)33-23-11-6-5-8-18(23)2/h4-6,8,11-14,17-20,23H,1,7,9-10,15-16H2,2-3H3,(H3,28,29,30,31)/t18?,19-,20-,23?,27?/m0/s1. The third-order valence-corrected chi connectivity index (χ3v) is 7.03. The quantitative estimate of drug-likeness (QED) is 0.571. The molecule has 1 aromatic heterocycles. The van der Waals surface area contributed by atoms with E-state index in [1.54, 1.807) is 0 Å². The zero-order valence-electron chi connectivity index (χ0n) is 19.5. The molecule has 0 saturated heterocycles. The van der Waals surface area contributed by atoms with Crippen LogP contribution in [-0.4, -0.2) is 27.9 Å². The van der Waals surface area contributed by atoms with E-state index in [2.05, 4.69) is 66.1 Å². The van der Waals surface area contributed by atoms with Gasteiger partial charge in [-0.25, -0.2) is 9.97 Å². The third-order valence-electron chi connectivity index (χ3n) is 7.03. The Morgan fingerprint density at radius 1 is 1.30 bits per heavy atom. The van der Waals surface area contributed by atoms with Crippen LogP contribution in [0.3, 0.4) is 0 Å². The van der Waals surface area contributed by atoms with Crippen LogP contribution in [0, 0.1) is 11.8 Å². The number of nitrogens with zero attached hydrogens (tertiary/aromatic N) is 2. The minimum atomic E-state index is -0.362. The van der Waals surface area contributed by atoms with Gasteiger partial charge in [-0.2, -0.15) is 0 Å². The maximum absolute atomic E-state index is 12.2. The first-order valence-corrected chi connectivity index (χ1v) is 11.8. The summed E-state index contributed by atoms with van der Waals surface area (Å²) in [4.78, 5) is 21.0. The fraction of sp³-hybridized carbons (Fsp3) is 0.444. The normalized spacial score (nSPS) is 31.0. The highest BCUT2D eigenvalue weighted by atomic mass is 16.5. The van der Waals surface area contributed by atoms with Crippen molar-refractivity contribution in [1.82, 2.24) is 9.97 Å². The molecule has 6 nitrogen and oxygen atoms in total. The monoisotopic (exact) mass is 446 g/mol. The zero-order chi connectivity index (χ0) is 23.4. The molecule has 1 saturated carbocycles. The first-order valence-electron chi connectivity index (χ1n) is 11.8. The summed E-state index contributed by atoms with van der Waals surface area (Å²) in [5, 5.41) is 3.58. The molecule has 3 N–H and O–H groups in total. The van der Waals surface area contributed by atoms with Gasteiger partial charge in [0, 0.05) is 28.9 Å². The molecule has 33 heavy (non-hydrogen) atoms. The number of carbonyl (C=O) groups excluding carboxylic acids is 1. The van der Waals surface area contributed by atoms with E-state index >= 15 is 0 Å². The maximum Gasteiger partial charge on any atom is 0.158 e. The van der Waals surface area contributed by atoms with Gasteiger partial charge in [0.2, 0.25) is 0 Å². The Balaban J connectivity index is 1.50. The van der Waals surface area contributed by atoms with Crippen LogP contribution >= 0.6 is 0 Å². The van der Waals surface area contributed by atoms with E-state index in [0.717, 1.165) is 49.2 Å². The predicted octanol–water partition coefficient (Wildman–Crippen LogP) is 5.03. The van der Waals surface area contributed by atoms with Crippen molar-refractivity contribution in [2.45, 2.75) is 63.5 Å². The predicted molar refractivity (Wildman–Crippen MR) is 133 cm³/mol. The molecule has 1 aromatic rings. The Morgan fingerprint density at radius 2 is 2.12 bits per heavy atom. The lowest BCUT2D eigenvalue weighted by molar-refractivity contribution is -0.119. The maximum atomic E-state index is 12.2. The van der Waals surface area contributed by atoms with E-state index in [1.165, 1.54) is 12.4 Å². The van der Waals surface area contributed by atoms with Crippen molar-refractivity contribution >= 4 is 17.4 Å². The van der Waals surface area contributed by atoms with Crippen LogP contribution < -0.4 is 11.1 Å². The Kier molecular flexibility index (Phi) is 6.82. The van der Waals surface area contributed by atoms with E-state index in [0.29, 0.717) is 11.7 Å². The third kappa shape index (κ3) is 5.10. The number of carbonyl (C=O) groups is 1. The molecule has 0 bridgehead atoms. The van der Waals surface area contributed by atoms with E-state index in [1.807, 2.05) is 12.2 Å². The summed E-state index contributed by atoms with van der Waals surface area (Å²) in [5.74, 6) is 2.57. The number of allylic oxidation sites excluding steroid dienone is 6. The van der Waals surface area contributed by atoms with E-state index in [4.69, 9.17) is 10.5 Å². The van der Waals surface area contributed by atoms with Crippen molar-refractivity contribution in [1.29, 1.82) is 0 Å². The molecule has 4 rings (SSSR count). The molecule has 0 aromatic carbocycles. The van der Waals surface area contributed by atoms with Crippen molar-refractivity contribution in [2.75, 3.05) is 11.1 Å². The molecule has 3 aliphatic carbocycles. The summed E-state index contributed by atoms with van der Waals surface area (Å²) >= 11 is 0. The van der Waals surface area contributed by atoms with Crippen LogP contribution in [0.25, 0.3) is 0 Å². The Hall–Kier alpha value is -3.15. The number of nitrogens with one attached hydrogen (secondary N) is 1. The van der Waals surface area contributed by atoms with Crippen LogP contribution in [0.15, 0.2) is 67.3 Å². The number of nitrogen functional groups attached to an aromatic ring is 1. The number of nitrogens with two attached hydrogens (primary N) is 1. The van der Waals surface area contributed by atoms with Crippen molar-refractivity contribution in [3.63, 3.8) is 0 Å². The van der Waals surface area contributed by atoms with Gasteiger partial charge in [-0.15, -0.1) is 0 Å². The van der Waals surface area contributed by atoms with Crippen molar-refractivity contribution in [3.8, 4) is 0 Å². The molecule has 0 aliphatic heterocycles. The molecule has 3 unspecified atom stereocenters. The molecule has 5 atom stereocenters. The number of hydrogen-bond donors (Lipinski definition) is 2. The zero-order valence-corrected chi connectivity index (χ0v) is 19.5. The van der Waals surface area contributed by atoms with Gasteiger partial charge in [-0.3, -0.25) is 4.79 Å². The SMILES string of the molecule is C=CC(=O)[C@H]1CCC[C@H](Nc2ncnc(N)c2C2(C)C=CC(OC3C=CC=CC3C)=CC2)C1. The van der Waals surface area contributed by atoms with Crippen LogP contribution in [0.5, 0.6) is 0 Å². The number of rotatable bonds is 7. The Morgan fingerprint density at radius 3 is 2.85 bits per heavy atom. The van der Waals surface area contributed by atoms with Crippen molar-refractivity contribution in [2.24, 2.45) is 11.8 Å². The second-order valence-electron chi connectivity index (χ2n) is 9.57. The summed E-state index contributed by atoms with van der Waals surface area (Å²) in [6.45, 7) is 7.95. The molecule has 0 amide bonds. The summed E-state index contributed by atoms with van der Waals surface area (Å²) < 4.78 is 6.22. The fourth-order valence-corrected chi connectivity index (χ4v) is 5.00. The van der Waals surface area contributed by atoms with Crippen molar-refractivity contribution in [3.05, 3.63) is 72.8 Å². The van der Waals surface area contributed by atoms with Crippen LogP contribution in [-0.2, 0) is 14.9 Å². The highest BCUT2D eigenvalue weighted by molar-refractivity contribution is 5.91. The molecule has 174 valence electrons. The second-order valence-corrected chi connectivity index (χ2v) is 9.57. The lowest BCUT2D eigenvalue weighted by Gasteiger charge is -2.34. The van der Waals surface area contributed by atoms with E-state index in [9.17, 15) is 4.79 Å². The number of ether oxygens (including phenoxy) is 1. The molecule has 1 fully saturated rings. The van der Waals surface area contributed by atoms with E-state index in [-0.39, 0.29) is 29.3 Å². The molecular weight excluding hydrogens is 412 g/mol. The van der Waals surface area contributed by atoms with Gasteiger partial charge in [-0.1, -0.05) is 51.2 Å². The van der Waals surface area contributed by atoms with Crippen LogP contribution in [0.1, 0.15) is 51.5 Å². The smallest absolute Gasteiger partial charge is 0.158 e. The minimum Gasteiger partial charge on any atom is -0.486 e. The average molecular weight is 447 g/mol. The Bertz CT molecular complexity index is 1020. The van der Waals surface area contributed by atoms with Gasteiger partial charge >= 0.3 is 0 Å². The highest BCUT2D eigenvalue weighted by Gasteiger charge is 2.34. The summed E-state index contributed by atoms with van der Waals surface area (Å²) in [7, 11) is 0. The van der Waals surface area contributed by atoms with Gasteiger partial charge < -0.3 is 15.8 Å². The summed E-state index contributed by atoms with van der Waals surface area (Å²) in [6.07, 6.45) is 22.0. The molecule has 0 radical (unpaired) electrons. The number of aromatic nitrogens is 2. The first kappa shape index (κ1) is 23.0. The topological polar surface area (TPSA) is 90.1 Å². The van der Waals surface area contributed by atoms with Gasteiger partial charge in [-0.05, 0) is 50.0 Å². The first-order chi connectivity index (χ1) is 15.9. The molecular formula is C27H34N4O2. The lowest BCUT2D eigenvalue weighted by atomic mass is 9.76. The number of ketones is 1. The Labute approximate surface area is 196 Å². The van der Waals surface area contributed by atoms with Crippen molar-refractivity contribution < 1.29 is 9.53 Å². The second kappa shape index (κ2) is 9.77. The van der Waals surface area contributed by atoms with Gasteiger partial charge in [0.05, 0.1) is 0 Å². The van der Waals surface area contributed by atoms with Crippen LogP contribution in [0.2, 0.25) is 0 Å². The lowest BCUT2D eigenvalue weighted by Crippen LogP contribution is -2.33. The highest BCUT2D eigenvalue weighted by Crippen LogP contribution is 2.41. The van der Waals surface area contributed by atoms with Crippen LogP contribution in [0.4, 0.5) is 11.6 Å². The summed E-state index contributed by atoms with van der Waals surface area (Å²) in [5.41, 5.74) is 6.91. The van der Waals surface area contributed by atoms with Gasteiger partial charge in [0.15, 0.2) is 5.78 Å². The van der Waals surface area contributed by atoms with Gasteiger partial charge in [0.25, 0.3) is 0 Å². The number of anilines is 2. The largest absolute Gasteiger partial charge is 0.486 e. The molecule has 0 spiro atoms. The van der Waals surface area contributed by atoms with Gasteiger partial charge in [0.1, 0.15) is 29.8 Å². The molecule has 6 heteroatoms.